The van der Waals surface area contributed by atoms with Crippen molar-refractivity contribution in [3.8, 4) is 5.88 Å². The van der Waals surface area contributed by atoms with Gasteiger partial charge < -0.3 is 20.5 Å². The largest absolute Gasteiger partial charge is 0.476 e. The lowest BCUT2D eigenvalue weighted by Crippen LogP contribution is -2.13. The molecule has 0 aromatic carbocycles. The fourth-order valence-corrected chi connectivity index (χ4v) is 1.26. The summed E-state index contributed by atoms with van der Waals surface area (Å²) in [6.07, 6.45) is 1.42. The van der Waals surface area contributed by atoms with E-state index in [-0.39, 0.29) is 0 Å². The highest BCUT2D eigenvalue weighted by atomic mass is 16.5. The Kier molecular flexibility index (Phi) is 5.93. The van der Waals surface area contributed by atoms with E-state index in [0.29, 0.717) is 43.8 Å². The van der Waals surface area contributed by atoms with Gasteiger partial charge in [0.05, 0.1) is 19.8 Å². The molecule has 1 heterocycles. The smallest absolute Gasteiger partial charge is 0.242 e. The topological polar surface area (TPSA) is 82.3 Å². The van der Waals surface area contributed by atoms with Crippen LogP contribution in [0.3, 0.4) is 0 Å². The molecule has 3 N–H and O–H groups in total. The minimum atomic E-state index is 0.401. The third-order valence-corrected chi connectivity index (χ3v) is 2.02. The molecule has 6 heteroatoms. The molecule has 0 fully saturated rings. The van der Waals surface area contributed by atoms with Crippen LogP contribution in [0.15, 0.2) is 18.5 Å². The molecule has 0 spiro atoms. The van der Waals surface area contributed by atoms with Crippen molar-refractivity contribution in [3.05, 3.63) is 18.5 Å². The molecular formula is C12H20N4O2. The van der Waals surface area contributed by atoms with Gasteiger partial charge in [0, 0.05) is 6.54 Å². The van der Waals surface area contributed by atoms with Crippen LogP contribution >= 0.6 is 0 Å². The molecule has 18 heavy (non-hydrogen) atoms. The number of nitrogens with two attached hydrogens (primary N) is 1. The Labute approximate surface area is 107 Å². The average Bonchev–Trinajstić information content (AvgIpc) is 2.33. The molecule has 0 bridgehead atoms. The summed E-state index contributed by atoms with van der Waals surface area (Å²) in [5.74, 6) is 0.963. The number of aromatic nitrogens is 2. The minimum Gasteiger partial charge on any atom is -0.476 e. The second-order valence-corrected chi connectivity index (χ2v) is 3.81. The van der Waals surface area contributed by atoms with E-state index < -0.39 is 0 Å². The van der Waals surface area contributed by atoms with E-state index in [9.17, 15) is 0 Å². The van der Waals surface area contributed by atoms with Crippen LogP contribution in [-0.2, 0) is 4.74 Å². The van der Waals surface area contributed by atoms with Gasteiger partial charge in [0.25, 0.3) is 0 Å². The summed E-state index contributed by atoms with van der Waals surface area (Å²) in [5.41, 5.74) is 7.28. The second kappa shape index (κ2) is 7.50. The van der Waals surface area contributed by atoms with Crippen LogP contribution < -0.4 is 15.8 Å². The minimum absolute atomic E-state index is 0.401. The molecule has 0 atom stereocenters. The van der Waals surface area contributed by atoms with Gasteiger partial charge in [0.2, 0.25) is 5.88 Å². The average molecular weight is 252 g/mol. The van der Waals surface area contributed by atoms with Crippen molar-refractivity contribution < 1.29 is 9.47 Å². The highest BCUT2D eigenvalue weighted by Gasteiger charge is 2.07. The molecule has 0 radical (unpaired) electrons. The van der Waals surface area contributed by atoms with Crippen molar-refractivity contribution in [1.29, 1.82) is 0 Å². The fourth-order valence-electron chi connectivity index (χ4n) is 1.26. The van der Waals surface area contributed by atoms with Gasteiger partial charge in [-0.15, -0.1) is 0 Å². The maximum atomic E-state index is 5.86. The van der Waals surface area contributed by atoms with Gasteiger partial charge in [-0.3, -0.25) is 0 Å². The first-order valence-corrected chi connectivity index (χ1v) is 5.84. The predicted molar refractivity (Wildman–Crippen MR) is 71.7 cm³/mol. The Morgan fingerprint density at radius 3 is 2.94 bits per heavy atom. The van der Waals surface area contributed by atoms with Gasteiger partial charge in [0.1, 0.15) is 12.0 Å². The molecule has 1 aromatic rings. The van der Waals surface area contributed by atoms with Gasteiger partial charge in [-0.2, -0.15) is 4.98 Å². The Hall–Kier alpha value is -1.82. The summed E-state index contributed by atoms with van der Waals surface area (Å²) in [5, 5.41) is 3.07. The first kappa shape index (κ1) is 14.2. The quantitative estimate of drug-likeness (QED) is 0.538. The Bertz CT molecular complexity index is 396. The van der Waals surface area contributed by atoms with E-state index in [4.69, 9.17) is 15.2 Å². The van der Waals surface area contributed by atoms with Crippen molar-refractivity contribution >= 4 is 11.5 Å². The summed E-state index contributed by atoms with van der Waals surface area (Å²) in [4.78, 5) is 8.01. The van der Waals surface area contributed by atoms with Crippen molar-refractivity contribution in [2.24, 2.45) is 0 Å². The molecule has 6 nitrogen and oxygen atoms in total. The molecule has 0 saturated heterocycles. The van der Waals surface area contributed by atoms with Crippen LogP contribution in [-0.4, -0.2) is 36.3 Å². The van der Waals surface area contributed by atoms with Crippen molar-refractivity contribution in [2.75, 3.05) is 37.4 Å². The second-order valence-electron chi connectivity index (χ2n) is 3.81. The van der Waals surface area contributed by atoms with Gasteiger partial charge in [0.15, 0.2) is 5.82 Å². The summed E-state index contributed by atoms with van der Waals surface area (Å²) in [6.45, 7) is 9.79. The maximum absolute atomic E-state index is 5.86. The van der Waals surface area contributed by atoms with E-state index >= 15 is 0 Å². The molecule has 0 aliphatic heterocycles. The fraction of sp³-hybridized carbons (Fsp3) is 0.500. The van der Waals surface area contributed by atoms with Crippen molar-refractivity contribution in [1.82, 2.24) is 9.97 Å². The summed E-state index contributed by atoms with van der Waals surface area (Å²) < 4.78 is 10.6. The zero-order valence-electron chi connectivity index (χ0n) is 10.9. The normalized spacial score (nSPS) is 10.1. The first-order chi connectivity index (χ1) is 8.65. The van der Waals surface area contributed by atoms with Crippen molar-refractivity contribution in [3.63, 3.8) is 0 Å². The Morgan fingerprint density at radius 1 is 1.50 bits per heavy atom. The van der Waals surface area contributed by atoms with Crippen LogP contribution in [0.2, 0.25) is 0 Å². The van der Waals surface area contributed by atoms with Crippen LogP contribution in [0.25, 0.3) is 0 Å². The summed E-state index contributed by atoms with van der Waals surface area (Å²) in [7, 11) is 0. The number of rotatable bonds is 8. The maximum Gasteiger partial charge on any atom is 0.242 e. The number of hydrogen-bond acceptors (Lipinski definition) is 6. The number of hydrogen-bond donors (Lipinski definition) is 2. The predicted octanol–water partition coefficient (Wildman–Crippen LogP) is 1.46. The van der Waals surface area contributed by atoms with E-state index in [1.54, 1.807) is 0 Å². The number of anilines is 2. The number of nitrogen functional groups attached to an aromatic ring is 1. The van der Waals surface area contributed by atoms with Gasteiger partial charge in [-0.25, -0.2) is 4.98 Å². The molecule has 0 saturated carbocycles. The standard InChI is InChI=1S/C12H20N4O2/c1-4-18-12-10(13)11(15-8-16-12)14-5-6-17-7-9(2)3/h8H,2,4-7,13H2,1,3H3,(H,14,15,16). The van der Waals surface area contributed by atoms with E-state index in [1.807, 2.05) is 13.8 Å². The molecule has 100 valence electrons. The zero-order valence-corrected chi connectivity index (χ0v) is 10.9. The lowest BCUT2D eigenvalue weighted by molar-refractivity contribution is 0.167. The number of nitrogens with zero attached hydrogens (tertiary/aromatic N) is 2. The molecule has 0 aliphatic carbocycles. The lowest BCUT2D eigenvalue weighted by atomic mass is 10.4. The molecule has 0 unspecified atom stereocenters. The van der Waals surface area contributed by atoms with Crippen LogP contribution in [0.5, 0.6) is 5.88 Å². The molecule has 1 rings (SSSR count). The SMILES string of the molecule is C=C(C)COCCNc1ncnc(OCC)c1N. The van der Waals surface area contributed by atoms with Gasteiger partial charge in [-0.1, -0.05) is 12.2 Å². The third kappa shape index (κ3) is 4.58. The first-order valence-electron chi connectivity index (χ1n) is 5.84. The molecule has 1 aromatic heterocycles. The summed E-state index contributed by atoms with van der Waals surface area (Å²) >= 11 is 0. The van der Waals surface area contributed by atoms with Crippen molar-refractivity contribution in [2.45, 2.75) is 13.8 Å². The molecular weight excluding hydrogens is 232 g/mol. The third-order valence-electron chi connectivity index (χ3n) is 2.02. The zero-order chi connectivity index (χ0) is 13.4. The Balaban J connectivity index is 2.42. The van der Waals surface area contributed by atoms with E-state index in [1.165, 1.54) is 6.33 Å². The summed E-state index contributed by atoms with van der Waals surface area (Å²) in [6, 6.07) is 0. The van der Waals surface area contributed by atoms with Gasteiger partial charge >= 0.3 is 0 Å². The lowest BCUT2D eigenvalue weighted by Gasteiger charge is -2.11. The highest BCUT2D eigenvalue weighted by Crippen LogP contribution is 2.23. The van der Waals surface area contributed by atoms with E-state index in [0.717, 1.165) is 5.57 Å². The van der Waals surface area contributed by atoms with Gasteiger partial charge in [-0.05, 0) is 13.8 Å². The molecule has 0 aliphatic rings. The Morgan fingerprint density at radius 2 is 2.28 bits per heavy atom. The van der Waals surface area contributed by atoms with Crippen LogP contribution in [0.4, 0.5) is 11.5 Å². The monoisotopic (exact) mass is 252 g/mol. The number of nitrogens with one attached hydrogen (secondary N) is 1. The van der Waals surface area contributed by atoms with Crippen LogP contribution in [0, 0.1) is 0 Å². The molecule has 0 amide bonds. The highest BCUT2D eigenvalue weighted by molar-refractivity contribution is 5.66. The number of ether oxygens (including phenoxy) is 2. The van der Waals surface area contributed by atoms with Crippen LogP contribution in [0.1, 0.15) is 13.8 Å². The van der Waals surface area contributed by atoms with E-state index in [2.05, 4.69) is 21.9 Å².